The Labute approximate surface area is 117 Å². The molecule has 2 rings (SSSR count). The summed E-state index contributed by atoms with van der Waals surface area (Å²) in [5, 5.41) is 0.911. The van der Waals surface area contributed by atoms with E-state index in [9.17, 15) is 4.79 Å². The Morgan fingerprint density at radius 3 is 2.47 bits per heavy atom. The number of carbonyl (C=O) groups excluding carboxylic acids is 1. The summed E-state index contributed by atoms with van der Waals surface area (Å²) in [5.41, 5.74) is 0.969. The van der Waals surface area contributed by atoms with Crippen LogP contribution in [-0.4, -0.2) is 51.3 Å². The highest BCUT2D eigenvalue weighted by molar-refractivity contribution is 7.17. The second-order valence-electron chi connectivity index (χ2n) is 4.52. The van der Waals surface area contributed by atoms with Gasteiger partial charge in [0.15, 0.2) is 10.9 Å². The maximum absolute atomic E-state index is 11.9. The number of rotatable bonds is 7. The third-order valence-electron chi connectivity index (χ3n) is 3.16. The lowest BCUT2D eigenvalue weighted by Crippen LogP contribution is -2.30. The molecule has 5 nitrogen and oxygen atoms in total. The highest BCUT2D eigenvalue weighted by atomic mass is 32.1. The number of aryl methyl sites for hydroxylation is 1. The molecule has 106 valence electrons. The minimum atomic E-state index is 0.239. The summed E-state index contributed by atoms with van der Waals surface area (Å²) in [5.74, 6) is 0.239. The third-order valence-corrected chi connectivity index (χ3v) is 4.36. The number of methoxy groups -OCH3 is 2. The van der Waals surface area contributed by atoms with Crippen LogP contribution < -0.4 is 4.90 Å². The topological polar surface area (TPSA) is 51.7 Å². The summed E-state index contributed by atoms with van der Waals surface area (Å²) < 4.78 is 10.2. The van der Waals surface area contributed by atoms with Crippen LogP contribution in [0, 0.1) is 0 Å². The molecule has 0 amide bonds. The van der Waals surface area contributed by atoms with Crippen LogP contribution in [0.15, 0.2) is 0 Å². The number of ether oxygens (including phenoxy) is 2. The first-order valence-corrected chi connectivity index (χ1v) is 7.33. The van der Waals surface area contributed by atoms with Crippen molar-refractivity contribution in [3.8, 4) is 0 Å². The van der Waals surface area contributed by atoms with Crippen LogP contribution in [0.2, 0.25) is 0 Å². The van der Waals surface area contributed by atoms with Crippen LogP contribution in [0.5, 0.6) is 0 Å². The van der Waals surface area contributed by atoms with Gasteiger partial charge in [0, 0.05) is 33.7 Å². The average Bonchev–Trinajstić information content (AvgIpc) is 2.84. The average molecular weight is 284 g/mol. The molecule has 6 heteroatoms. The molecule has 0 fully saturated rings. The Balaban J connectivity index is 2.13. The van der Waals surface area contributed by atoms with E-state index in [-0.39, 0.29) is 5.78 Å². The lowest BCUT2D eigenvalue weighted by molar-refractivity contribution is 0.0976. The van der Waals surface area contributed by atoms with E-state index in [1.54, 1.807) is 14.2 Å². The maximum Gasteiger partial charge on any atom is 0.186 e. The molecule has 0 bridgehead atoms. The molecule has 0 unspecified atom stereocenters. The molecule has 1 aromatic rings. The zero-order chi connectivity index (χ0) is 13.7. The van der Waals surface area contributed by atoms with Gasteiger partial charge >= 0.3 is 0 Å². The minimum absolute atomic E-state index is 0.239. The van der Waals surface area contributed by atoms with Gasteiger partial charge in [-0.05, 0) is 12.8 Å². The largest absolute Gasteiger partial charge is 0.383 e. The monoisotopic (exact) mass is 284 g/mol. The van der Waals surface area contributed by atoms with E-state index in [0.29, 0.717) is 19.6 Å². The smallest absolute Gasteiger partial charge is 0.186 e. The summed E-state index contributed by atoms with van der Waals surface area (Å²) >= 11 is 1.51. The van der Waals surface area contributed by atoms with Crippen molar-refractivity contribution in [2.75, 3.05) is 45.4 Å². The van der Waals surface area contributed by atoms with Crippen LogP contribution >= 0.6 is 11.3 Å². The quantitative estimate of drug-likeness (QED) is 0.763. The fourth-order valence-corrected chi connectivity index (χ4v) is 3.23. The van der Waals surface area contributed by atoms with E-state index in [2.05, 4.69) is 9.88 Å². The number of hydrogen-bond acceptors (Lipinski definition) is 6. The maximum atomic E-state index is 11.9. The molecular weight excluding hydrogens is 264 g/mol. The normalized spacial score (nSPS) is 14.5. The number of aromatic nitrogens is 1. The molecule has 0 radical (unpaired) electrons. The van der Waals surface area contributed by atoms with Crippen LogP contribution in [0.25, 0.3) is 0 Å². The molecule has 1 aliphatic rings. The summed E-state index contributed by atoms with van der Waals surface area (Å²) in [6.07, 6.45) is 2.50. The molecule has 0 aromatic carbocycles. The van der Waals surface area contributed by atoms with Crippen molar-refractivity contribution in [2.24, 2.45) is 0 Å². The van der Waals surface area contributed by atoms with Crippen molar-refractivity contribution >= 4 is 22.3 Å². The van der Waals surface area contributed by atoms with Gasteiger partial charge in [0.05, 0.1) is 23.8 Å². The number of ketones is 1. The predicted octanol–water partition coefficient (Wildman–Crippen LogP) is 1.76. The van der Waals surface area contributed by atoms with Crippen LogP contribution in [0.1, 0.15) is 28.2 Å². The molecule has 1 aliphatic carbocycles. The first kappa shape index (κ1) is 14.4. The Hall–Kier alpha value is -0.980. The summed E-state index contributed by atoms with van der Waals surface area (Å²) in [7, 11) is 3.37. The van der Waals surface area contributed by atoms with Crippen molar-refractivity contribution in [2.45, 2.75) is 19.3 Å². The SMILES string of the molecule is COCCN(CCOC)c1nc2c(s1)C(=O)CCC2. The zero-order valence-corrected chi connectivity index (χ0v) is 12.3. The first-order chi connectivity index (χ1) is 9.26. The number of anilines is 1. The van der Waals surface area contributed by atoms with E-state index in [4.69, 9.17) is 9.47 Å². The van der Waals surface area contributed by atoms with Crippen LogP contribution in [0.3, 0.4) is 0 Å². The number of carbonyl (C=O) groups is 1. The van der Waals surface area contributed by atoms with Crippen molar-refractivity contribution in [3.05, 3.63) is 10.6 Å². The minimum Gasteiger partial charge on any atom is -0.383 e. The number of nitrogens with zero attached hydrogens (tertiary/aromatic N) is 2. The molecule has 0 aliphatic heterocycles. The van der Waals surface area contributed by atoms with Gasteiger partial charge in [0.1, 0.15) is 0 Å². The Morgan fingerprint density at radius 2 is 1.89 bits per heavy atom. The van der Waals surface area contributed by atoms with E-state index >= 15 is 0 Å². The molecule has 19 heavy (non-hydrogen) atoms. The highest BCUT2D eigenvalue weighted by Gasteiger charge is 2.24. The zero-order valence-electron chi connectivity index (χ0n) is 11.5. The van der Waals surface area contributed by atoms with Gasteiger partial charge in [0.2, 0.25) is 0 Å². The summed E-state index contributed by atoms with van der Waals surface area (Å²) in [4.78, 5) is 19.4. The van der Waals surface area contributed by atoms with E-state index in [1.165, 1.54) is 11.3 Å². The summed E-state index contributed by atoms with van der Waals surface area (Å²) in [6.45, 7) is 2.81. The Morgan fingerprint density at radius 1 is 1.21 bits per heavy atom. The third kappa shape index (κ3) is 3.52. The number of Topliss-reactive ketones (excluding diaryl/α,β-unsaturated/α-hetero) is 1. The number of hydrogen-bond donors (Lipinski definition) is 0. The molecule has 0 saturated heterocycles. The lowest BCUT2D eigenvalue weighted by atomic mass is 10.0. The van der Waals surface area contributed by atoms with Gasteiger partial charge in [-0.1, -0.05) is 11.3 Å². The van der Waals surface area contributed by atoms with Crippen LogP contribution in [-0.2, 0) is 15.9 Å². The second-order valence-corrected chi connectivity index (χ2v) is 5.50. The summed E-state index contributed by atoms with van der Waals surface area (Å²) in [6, 6.07) is 0. The standard InChI is InChI=1S/C13H20N2O3S/c1-17-8-6-15(7-9-18-2)13-14-10-4-3-5-11(16)12(10)19-13/h3-9H2,1-2H3. The fraction of sp³-hybridized carbons (Fsp3) is 0.692. The van der Waals surface area contributed by atoms with Crippen molar-refractivity contribution in [3.63, 3.8) is 0 Å². The highest BCUT2D eigenvalue weighted by Crippen LogP contribution is 2.31. The van der Waals surface area contributed by atoms with Crippen molar-refractivity contribution < 1.29 is 14.3 Å². The molecule has 1 aromatic heterocycles. The van der Waals surface area contributed by atoms with E-state index in [1.807, 2.05) is 0 Å². The molecular formula is C13H20N2O3S. The molecule has 0 N–H and O–H groups in total. The van der Waals surface area contributed by atoms with Gasteiger partial charge in [-0.25, -0.2) is 4.98 Å². The van der Waals surface area contributed by atoms with Gasteiger partial charge < -0.3 is 14.4 Å². The fourth-order valence-electron chi connectivity index (χ4n) is 2.10. The number of thiazole rings is 1. The van der Waals surface area contributed by atoms with Crippen molar-refractivity contribution in [1.82, 2.24) is 4.98 Å². The Kier molecular flexibility index (Phi) is 5.30. The second kappa shape index (κ2) is 6.98. The van der Waals surface area contributed by atoms with Gasteiger partial charge in [-0.15, -0.1) is 0 Å². The van der Waals surface area contributed by atoms with Gasteiger partial charge in [-0.2, -0.15) is 0 Å². The van der Waals surface area contributed by atoms with Gasteiger partial charge in [0.25, 0.3) is 0 Å². The predicted molar refractivity (Wildman–Crippen MR) is 75.3 cm³/mol. The molecule has 1 heterocycles. The van der Waals surface area contributed by atoms with Crippen molar-refractivity contribution in [1.29, 1.82) is 0 Å². The Bertz CT molecular complexity index is 426. The molecule has 0 spiro atoms. The number of fused-ring (bicyclic) bond motifs is 1. The first-order valence-electron chi connectivity index (χ1n) is 6.52. The van der Waals surface area contributed by atoms with E-state index < -0.39 is 0 Å². The van der Waals surface area contributed by atoms with Crippen LogP contribution in [0.4, 0.5) is 5.13 Å². The lowest BCUT2D eigenvalue weighted by Gasteiger charge is -2.20. The molecule has 0 saturated carbocycles. The van der Waals surface area contributed by atoms with Gasteiger partial charge in [-0.3, -0.25) is 4.79 Å². The molecule has 0 atom stereocenters. The van der Waals surface area contributed by atoms with E-state index in [0.717, 1.165) is 41.6 Å².